The topological polar surface area (TPSA) is 105 Å². The number of nitriles is 1. The molecule has 8 nitrogen and oxygen atoms in total. The van der Waals surface area contributed by atoms with Crippen LogP contribution in [0.25, 0.3) is 11.1 Å². The van der Waals surface area contributed by atoms with Crippen LogP contribution in [0.3, 0.4) is 0 Å². The molecule has 2 fully saturated rings. The third-order valence-electron chi connectivity index (χ3n) is 5.80. The van der Waals surface area contributed by atoms with Crippen molar-refractivity contribution in [1.82, 2.24) is 9.88 Å². The molecule has 2 aliphatic rings. The highest BCUT2D eigenvalue weighted by molar-refractivity contribution is 5.93. The Morgan fingerprint density at radius 2 is 1.91 bits per heavy atom. The second-order valence-corrected chi connectivity index (χ2v) is 9.90. The summed E-state index contributed by atoms with van der Waals surface area (Å²) in [5.41, 5.74) is 1.14. The zero-order valence-corrected chi connectivity index (χ0v) is 20.1. The van der Waals surface area contributed by atoms with Crippen molar-refractivity contribution in [2.24, 2.45) is 5.92 Å². The molecule has 2 heterocycles. The Balaban J connectivity index is 1.43. The number of hydrogen-bond donors (Lipinski definition) is 1. The van der Waals surface area contributed by atoms with E-state index >= 15 is 0 Å². The number of hydrogen-bond acceptors (Lipinski definition) is 6. The fourth-order valence-corrected chi connectivity index (χ4v) is 3.82. The van der Waals surface area contributed by atoms with Gasteiger partial charge < -0.3 is 19.7 Å². The number of ether oxygens (including phenoxy) is 2. The average molecular weight is 481 g/mol. The van der Waals surface area contributed by atoms with E-state index in [1.54, 1.807) is 57.3 Å². The molecule has 1 aliphatic heterocycles. The second kappa shape index (κ2) is 9.90. The lowest BCUT2D eigenvalue weighted by atomic mass is 10.0. The van der Waals surface area contributed by atoms with E-state index in [9.17, 15) is 19.2 Å². The molecule has 0 radical (unpaired) electrons. The third-order valence-corrected chi connectivity index (χ3v) is 5.80. The molecule has 1 saturated carbocycles. The number of carbonyl (C=O) groups is 2. The molecule has 9 heteroatoms. The summed E-state index contributed by atoms with van der Waals surface area (Å²) in [6, 6.07) is 10.7. The molecule has 1 N–H and O–H groups in total. The monoisotopic (exact) mass is 480 g/mol. The summed E-state index contributed by atoms with van der Waals surface area (Å²) in [5, 5.41) is 12.5. The Kier molecular flexibility index (Phi) is 6.92. The highest BCUT2D eigenvalue weighted by Gasteiger charge is 2.35. The molecule has 2 aromatic rings. The Labute approximate surface area is 204 Å². The first-order valence-electron chi connectivity index (χ1n) is 11.7. The van der Waals surface area contributed by atoms with Crippen molar-refractivity contribution < 1.29 is 23.5 Å². The number of halogens is 1. The maximum absolute atomic E-state index is 14.9. The molecule has 1 aromatic heterocycles. The minimum Gasteiger partial charge on any atom is -0.486 e. The number of pyridine rings is 1. The lowest BCUT2D eigenvalue weighted by Gasteiger charge is -2.35. The minimum atomic E-state index is -1.42. The summed E-state index contributed by atoms with van der Waals surface area (Å²) >= 11 is 0. The van der Waals surface area contributed by atoms with Crippen LogP contribution in [0.2, 0.25) is 0 Å². The lowest BCUT2D eigenvalue weighted by Crippen LogP contribution is -2.50. The van der Waals surface area contributed by atoms with Gasteiger partial charge in [-0.3, -0.25) is 4.79 Å². The van der Waals surface area contributed by atoms with E-state index in [1.807, 2.05) is 0 Å². The molecule has 2 amide bonds. The molecule has 1 aliphatic carbocycles. The Bertz CT molecular complexity index is 1150. The van der Waals surface area contributed by atoms with Gasteiger partial charge in [-0.05, 0) is 69.0 Å². The highest BCUT2D eigenvalue weighted by Crippen LogP contribution is 2.32. The van der Waals surface area contributed by atoms with Gasteiger partial charge in [0.15, 0.2) is 6.17 Å². The van der Waals surface area contributed by atoms with Crippen molar-refractivity contribution in [3.8, 4) is 22.9 Å². The van der Waals surface area contributed by atoms with Crippen molar-refractivity contribution in [1.29, 1.82) is 5.26 Å². The van der Waals surface area contributed by atoms with E-state index in [0.717, 1.165) is 24.0 Å². The van der Waals surface area contributed by atoms with Gasteiger partial charge in [-0.15, -0.1) is 0 Å². The summed E-state index contributed by atoms with van der Waals surface area (Å²) in [4.78, 5) is 29.8. The molecular formula is C26H29FN4O4. The number of amides is 2. The van der Waals surface area contributed by atoms with Crippen LogP contribution >= 0.6 is 0 Å². The van der Waals surface area contributed by atoms with Crippen LogP contribution in [-0.4, -0.2) is 52.9 Å². The molecule has 0 spiro atoms. The molecule has 2 atom stereocenters. The van der Waals surface area contributed by atoms with Gasteiger partial charge in [0.05, 0.1) is 12.1 Å². The second-order valence-electron chi connectivity index (χ2n) is 9.90. The van der Waals surface area contributed by atoms with Gasteiger partial charge in [-0.25, -0.2) is 14.2 Å². The SMILES string of the molecule is CC(C)(C)OC(=O)N1CC[C@H](Oc2ccc(-c3ccnc(NC(=O)C4CC4)c3)cc2C#N)[C@H](F)C1. The van der Waals surface area contributed by atoms with E-state index in [1.165, 1.54) is 4.90 Å². The number of piperidine rings is 1. The smallest absolute Gasteiger partial charge is 0.410 e. The van der Waals surface area contributed by atoms with Crippen LogP contribution in [0.1, 0.15) is 45.6 Å². The van der Waals surface area contributed by atoms with Crippen molar-refractivity contribution in [2.75, 3.05) is 18.4 Å². The fourth-order valence-electron chi connectivity index (χ4n) is 3.82. The molecule has 0 bridgehead atoms. The summed E-state index contributed by atoms with van der Waals surface area (Å²) in [6.45, 7) is 5.45. The van der Waals surface area contributed by atoms with Crippen molar-refractivity contribution in [2.45, 2.75) is 57.9 Å². The summed E-state index contributed by atoms with van der Waals surface area (Å²) in [7, 11) is 0. The number of benzene rings is 1. The average Bonchev–Trinajstić information content (AvgIpc) is 3.65. The van der Waals surface area contributed by atoms with E-state index < -0.39 is 24.0 Å². The largest absolute Gasteiger partial charge is 0.486 e. The number of aromatic nitrogens is 1. The van der Waals surface area contributed by atoms with Crippen molar-refractivity contribution in [3.63, 3.8) is 0 Å². The molecule has 1 aromatic carbocycles. The number of alkyl halides is 1. The van der Waals surface area contributed by atoms with Crippen LogP contribution in [-0.2, 0) is 9.53 Å². The molecule has 0 unspecified atom stereocenters. The van der Waals surface area contributed by atoms with Crippen molar-refractivity contribution in [3.05, 3.63) is 42.1 Å². The summed E-state index contributed by atoms with van der Waals surface area (Å²) in [5.74, 6) is 0.771. The normalized spacial score (nSPS) is 20.0. The molecular weight excluding hydrogens is 451 g/mol. The van der Waals surface area contributed by atoms with Crippen molar-refractivity contribution >= 4 is 17.8 Å². The van der Waals surface area contributed by atoms with Crippen LogP contribution in [0.5, 0.6) is 5.75 Å². The molecule has 1 saturated heterocycles. The zero-order valence-electron chi connectivity index (χ0n) is 20.1. The van der Waals surface area contributed by atoms with Crippen LogP contribution < -0.4 is 10.1 Å². The highest BCUT2D eigenvalue weighted by atomic mass is 19.1. The van der Waals surface area contributed by atoms with Crippen LogP contribution in [0, 0.1) is 17.2 Å². The summed E-state index contributed by atoms with van der Waals surface area (Å²) < 4.78 is 26.1. The number of carbonyl (C=O) groups excluding carboxylic acids is 2. The first kappa shape index (κ1) is 24.5. The van der Waals surface area contributed by atoms with Gasteiger partial charge in [-0.2, -0.15) is 5.26 Å². The Morgan fingerprint density at radius 1 is 1.17 bits per heavy atom. The number of anilines is 1. The summed E-state index contributed by atoms with van der Waals surface area (Å²) in [6.07, 6.45) is 0.932. The predicted molar refractivity (Wildman–Crippen MR) is 127 cm³/mol. The molecule has 35 heavy (non-hydrogen) atoms. The van der Waals surface area contributed by atoms with E-state index in [4.69, 9.17) is 9.47 Å². The lowest BCUT2D eigenvalue weighted by molar-refractivity contribution is -0.117. The first-order valence-corrected chi connectivity index (χ1v) is 11.7. The van der Waals surface area contributed by atoms with Gasteiger partial charge in [0.1, 0.15) is 29.3 Å². The van der Waals surface area contributed by atoms with Crippen LogP contribution in [0.15, 0.2) is 36.5 Å². The quantitative estimate of drug-likeness (QED) is 0.665. The first-order chi connectivity index (χ1) is 16.6. The van der Waals surface area contributed by atoms with Gasteiger partial charge in [0, 0.05) is 25.1 Å². The van der Waals surface area contributed by atoms with Crippen LogP contribution in [0.4, 0.5) is 15.0 Å². The van der Waals surface area contributed by atoms with Gasteiger partial charge >= 0.3 is 6.09 Å². The van der Waals surface area contributed by atoms with Gasteiger partial charge in [-0.1, -0.05) is 6.07 Å². The standard InChI is InChI=1S/C26H29FN4O4/c1-26(2,3)35-25(33)31-11-9-22(20(27)15-31)34-21-7-6-17(12-19(21)14-28)18-8-10-29-23(13-18)30-24(32)16-4-5-16/h6-8,10,12-13,16,20,22H,4-5,9,11,15H2,1-3H3,(H,29,30,32)/t20-,22+/m1/s1. The molecule has 4 rings (SSSR count). The predicted octanol–water partition coefficient (Wildman–Crippen LogP) is 4.70. The van der Waals surface area contributed by atoms with Gasteiger partial charge in [0.25, 0.3) is 0 Å². The zero-order chi connectivity index (χ0) is 25.2. The fraction of sp³-hybridized carbons (Fsp3) is 0.462. The number of nitrogens with zero attached hydrogens (tertiary/aromatic N) is 3. The maximum Gasteiger partial charge on any atom is 0.410 e. The third kappa shape index (κ3) is 6.27. The Hall–Kier alpha value is -3.67. The van der Waals surface area contributed by atoms with E-state index in [-0.39, 0.29) is 36.1 Å². The van der Waals surface area contributed by atoms with Gasteiger partial charge in [0.2, 0.25) is 5.91 Å². The number of rotatable bonds is 5. The number of nitrogens with one attached hydrogen (secondary N) is 1. The van der Waals surface area contributed by atoms with E-state index in [2.05, 4.69) is 16.4 Å². The maximum atomic E-state index is 14.9. The number of likely N-dealkylation sites (tertiary alicyclic amines) is 1. The Morgan fingerprint density at radius 3 is 2.57 bits per heavy atom. The molecule has 184 valence electrons. The minimum absolute atomic E-state index is 0.0328. The van der Waals surface area contributed by atoms with E-state index in [0.29, 0.717) is 12.4 Å².